The maximum absolute atomic E-state index is 5.87. The number of rotatable bonds is 7. The Morgan fingerprint density at radius 3 is 2.37 bits per heavy atom. The molecule has 106 valence electrons. The zero-order chi connectivity index (χ0) is 13.3. The van der Waals surface area contributed by atoms with Crippen LogP contribution in [-0.2, 0) is 4.74 Å². The van der Waals surface area contributed by atoms with E-state index in [0.717, 1.165) is 57.5 Å². The van der Waals surface area contributed by atoms with Gasteiger partial charge >= 0.3 is 0 Å². The Kier molecular flexibility index (Phi) is 6.18. The molecule has 0 saturated heterocycles. The van der Waals surface area contributed by atoms with E-state index in [4.69, 9.17) is 15.2 Å². The van der Waals surface area contributed by atoms with Crippen LogP contribution in [0.4, 0.5) is 0 Å². The van der Waals surface area contributed by atoms with Crippen LogP contribution in [0, 0.1) is 0 Å². The minimum atomic E-state index is 0.402. The molecule has 0 radical (unpaired) electrons. The standard InChI is InChI=1S/C16H25NO2/c17-14-8-10-16(11-9-14)19-13-5-4-12-18-15-6-2-1-3-7-15/h1-3,6-7,14,16H,4-5,8-13,17H2. The van der Waals surface area contributed by atoms with Crippen LogP contribution in [0.1, 0.15) is 38.5 Å². The van der Waals surface area contributed by atoms with Crippen LogP contribution in [0.15, 0.2) is 30.3 Å². The molecular weight excluding hydrogens is 238 g/mol. The van der Waals surface area contributed by atoms with Crippen molar-refractivity contribution in [2.24, 2.45) is 5.73 Å². The third-order valence-corrected chi connectivity index (χ3v) is 3.62. The number of para-hydroxylation sites is 1. The first-order valence-electron chi connectivity index (χ1n) is 7.39. The van der Waals surface area contributed by atoms with E-state index in [9.17, 15) is 0 Å². The zero-order valence-corrected chi connectivity index (χ0v) is 11.6. The van der Waals surface area contributed by atoms with Gasteiger partial charge in [-0.15, -0.1) is 0 Å². The van der Waals surface area contributed by atoms with Gasteiger partial charge in [-0.3, -0.25) is 0 Å². The minimum absolute atomic E-state index is 0.402. The summed E-state index contributed by atoms with van der Waals surface area (Å²) < 4.78 is 11.5. The van der Waals surface area contributed by atoms with E-state index < -0.39 is 0 Å². The van der Waals surface area contributed by atoms with Gasteiger partial charge in [-0.1, -0.05) is 18.2 Å². The molecule has 2 rings (SSSR count). The summed E-state index contributed by atoms with van der Waals surface area (Å²) in [5.74, 6) is 0.949. The lowest BCUT2D eigenvalue weighted by atomic mass is 9.94. The summed E-state index contributed by atoms with van der Waals surface area (Å²) in [5, 5.41) is 0. The van der Waals surface area contributed by atoms with Crippen molar-refractivity contribution >= 4 is 0 Å². The molecule has 1 aromatic carbocycles. The molecule has 0 bridgehead atoms. The van der Waals surface area contributed by atoms with Crippen molar-refractivity contribution in [2.45, 2.75) is 50.7 Å². The lowest BCUT2D eigenvalue weighted by molar-refractivity contribution is 0.0221. The summed E-state index contributed by atoms with van der Waals surface area (Å²) >= 11 is 0. The highest BCUT2D eigenvalue weighted by Crippen LogP contribution is 2.20. The first-order valence-corrected chi connectivity index (χ1v) is 7.39. The average molecular weight is 263 g/mol. The molecule has 1 aliphatic carbocycles. The highest BCUT2D eigenvalue weighted by Gasteiger charge is 2.18. The number of hydrogen-bond acceptors (Lipinski definition) is 3. The largest absolute Gasteiger partial charge is 0.494 e. The summed E-state index contributed by atoms with van der Waals surface area (Å²) in [6.07, 6.45) is 7.03. The maximum Gasteiger partial charge on any atom is 0.119 e. The predicted molar refractivity (Wildman–Crippen MR) is 77.4 cm³/mol. The van der Waals surface area contributed by atoms with E-state index >= 15 is 0 Å². The van der Waals surface area contributed by atoms with Crippen molar-refractivity contribution in [1.29, 1.82) is 0 Å². The van der Waals surface area contributed by atoms with E-state index in [1.54, 1.807) is 0 Å². The highest BCUT2D eigenvalue weighted by atomic mass is 16.5. The van der Waals surface area contributed by atoms with Crippen LogP contribution in [-0.4, -0.2) is 25.4 Å². The summed E-state index contributed by atoms with van der Waals surface area (Å²) in [5.41, 5.74) is 5.87. The Morgan fingerprint density at radius 2 is 1.63 bits per heavy atom. The number of ether oxygens (including phenoxy) is 2. The topological polar surface area (TPSA) is 44.5 Å². The zero-order valence-electron chi connectivity index (χ0n) is 11.6. The molecule has 0 aromatic heterocycles. The first kappa shape index (κ1) is 14.4. The van der Waals surface area contributed by atoms with Crippen molar-refractivity contribution in [3.8, 4) is 5.75 Å². The summed E-state index contributed by atoms with van der Waals surface area (Å²) in [6.45, 7) is 1.61. The molecule has 0 aliphatic heterocycles. The predicted octanol–water partition coefficient (Wildman–Crippen LogP) is 3.13. The number of hydrogen-bond donors (Lipinski definition) is 1. The molecule has 3 heteroatoms. The number of nitrogens with two attached hydrogens (primary N) is 1. The Morgan fingerprint density at radius 1 is 0.947 bits per heavy atom. The fraction of sp³-hybridized carbons (Fsp3) is 0.625. The van der Waals surface area contributed by atoms with Crippen LogP contribution in [0.3, 0.4) is 0 Å². The normalized spacial score (nSPS) is 23.2. The third-order valence-electron chi connectivity index (χ3n) is 3.62. The van der Waals surface area contributed by atoms with Gasteiger partial charge in [0.1, 0.15) is 5.75 Å². The van der Waals surface area contributed by atoms with Crippen molar-refractivity contribution < 1.29 is 9.47 Å². The van der Waals surface area contributed by atoms with Gasteiger partial charge in [0.25, 0.3) is 0 Å². The smallest absolute Gasteiger partial charge is 0.119 e. The van der Waals surface area contributed by atoms with Gasteiger partial charge in [0.2, 0.25) is 0 Å². The third kappa shape index (κ3) is 5.62. The molecule has 0 amide bonds. The van der Waals surface area contributed by atoms with Crippen molar-refractivity contribution in [2.75, 3.05) is 13.2 Å². The first-order chi connectivity index (χ1) is 9.34. The quantitative estimate of drug-likeness (QED) is 0.769. The molecule has 3 nitrogen and oxygen atoms in total. The molecule has 0 unspecified atom stereocenters. The van der Waals surface area contributed by atoms with Gasteiger partial charge in [0, 0.05) is 12.6 Å². The van der Waals surface area contributed by atoms with Gasteiger partial charge < -0.3 is 15.2 Å². The molecule has 1 aliphatic rings. The van der Waals surface area contributed by atoms with Gasteiger partial charge in [-0.2, -0.15) is 0 Å². The molecule has 0 spiro atoms. The SMILES string of the molecule is NC1CCC(OCCCCOc2ccccc2)CC1. The van der Waals surface area contributed by atoms with Gasteiger partial charge in [0.15, 0.2) is 0 Å². The Bertz CT molecular complexity index is 334. The van der Waals surface area contributed by atoms with Crippen LogP contribution in [0.2, 0.25) is 0 Å². The van der Waals surface area contributed by atoms with Gasteiger partial charge in [-0.25, -0.2) is 0 Å². The van der Waals surface area contributed by atoms with Crippen LogP contribution in [0.5, 0.6) is 5.75 Å². The molecule has 0 heterocycles. The minimum Gasteiger partial charge on any atom is -0.494 e. The maximum atomic E-state index is 5.87. The second-order valence-electron chi connectivity index (χ2n) is 5.28. The second-order valence-corrected chi connectivity index (χ2v) is 5.28. The summed E-state index contributed by atoms with van der Waals surface area (Å²) in [7, 11) is 0. The fourth-order valence-corrected chi connectivity index (χ4v) is 2.42. The number of unbranched alkanes of at least 4 members (excludes halogenated alkanes) is 1. The van der Waals surface area contributed by atoms with E-state index in [2.05, 4.69) is 0 Å². The highest BCUT2D eigenvalue weighted by molar-refractivity contribution is 5.20. The number of benzene rings is 1. The molecule has 1 aromatic rings. The summed E-state index contributed by atoms with van der Waals surface area (Å²) in [4.78, 5) is 0. The summed E-state index contributed by atoms with van der Waals surface area (Å²) in [6, 6.07) is 10.4. The molecule has 2 N–H and O–H groups in total. The Hall–Kier alpha value is -1.06. The lowest BCUT2D eigenvalue weighted by Gasteiger charge is -2.26. The van der Waals surface area contributed by atoms with Crippen LogP contribution >= 0.6 is 0 Å². The molecule has 19 heavy (non-hydrogen) atoms. The monoisotopic (exact) mass is 263 g/mol. The molecule has 1 saturated carbocycles. The molecule has 1 fully saturated rings. The van der Waals surface area contributed by atoms with Gasteiger partial charge in [0.05, 0.1) is 12.7 Å². The lowest BCUT2D eigenvalue weighted by Crippen LogP contribution is -2.30. The van der Waals surface area contributed by atoms with E-state index in [0.29, 0.717) is 12.1 Å². The molecule has 0 atom stereocenters. The molecular formula is C16H25NO2. The second kappa shape index (κ2) is 8.18. The van der Waals surface area contributed by atoms with Gasteiger partial charge in [-0.05, 0) is 50.7 Å². The van der Waals surface area contributed by atoms with Crippen LogP contribution < -0.4 is 10.5 Å². The van der Waals surface area contributed by atoms with E-state index in [-0.39, 0.29) is 0 Å². The Balaban J connectivity index is 1.46. The Labute approximate surface area is 116 Å². The fourth-order valence-electron chi connectivity index (χ4n) is 2.42. The van der Waals surface area contributed by atoms with Crippen molar-refractivity contribution in [3.05, 3.63) is 30.3 Å². The average Bonchev–Trinajstić information content (AvgIpc) is 2.46. The van der Waals surface area contributed by atoms with Crippen LogP contribution in [0.25, 0.3) is 0 Å². The van der Waals surface area contributed by atoms with E-state index in [1.807, 2.05) is 30.3 Å². The van der Waals surface area contributed by atoms with Crippen molar-refractivity contribution in [3.63, 3.8) is 0 Å². The van der Waals surface area contributed by atoms with Crippen molar-refractivity contribution in [1.82, 2.24) is 0 Å². The van der Waals surface area contributed by atoms with E-state index in [1.165, 1.54) is 0 Å².